The van der Waals surface area contributed by atoms with Gasteiger partial charge in [0.1, 0.15) is 12.1 Å². The predicted molar refractivity (Wildman–Crippen MR) is 120 cm³/mol. The minimum absolute atomic E-state index is 0.200. The number of thiophene rings is 1. The highest BCUT2D eigenvalue weighted by Gasteiger charge is 2.52. The first kappa shape index (κ1) is 21.6. The minimum Gasteiger partial charge on any atom is -0.336 e. The first-order chi connectivity index (χ1) is 15.0. The number of carbonyl (C=O) groups excluding carboxylic acids is 3. The second-order valence-corrected chi connectivity index (χ2v) is 9.75. The van der Waals surface area contributed by atoms with Crippen molar-refractivity contribution in [2.45, 2.75) is 51.1 Å². The Bertz CT molecular complexity index is 921. The summed E-state index contributed by atoms with van der Waals surface area (Å²) in [6.07, 6.45) is 3.84. The molecule has 7 heteroatoms. The van der Waals surface area contributed by atoms with Gasteiger partial charge in [0, 0.05) is 11.4 Å². The SMILES string of the molecule is CC1CCC2(CC1)NC(=O)N(CC(=O)N(CCc1ccccc1)Cc1cccs1)C2=O. The molecule has 1 aromatic carbocycles. The summed E-state index contributed by atoms with van der Waals surface area (Å²) in [7, 11) is 0. The summed E-state index contributed by atoms with van der Waals surface area (Å²) in [5, 5.41) is 4.89. The van der Waals surface area contributed by atoms with Gasteiger partial charge < -0.3 is 10.2 Å². The van der Waals surface area contributed by atoms with E-state index in [0.29, 0.717) is 31.8 Å². The van der Waals surface area contributed by atoms with Crippen molar-refractivity contribution in [1.29, 1.82) is 0 Å². The molecule has 0 radical (unpaired) electrons. The van der Waals surface area contributed by atoms with Crippen molar-refractivity contribution < 1.29 is 14.4 Å². The standard InChI is InChI=1S/C24H29N3O3S/c1-18-9-12-24(13-10-18)22(29)27(23(30)25-24)17-21(28)26(16-20-8-5-15-31-20)14-11-19-6-3-2-4-7-19/h2-8,15,18H,9-14,16-17H2,1H3,(H,25,30). The monoisotopic (exact) mass is 439 g/mol. The molecule has 0 unspecified atom stereocenters. The number of imide groups is 1. The molecule has 2 aliphatic rings. The van der Waals surface area contributed by atoms with Crippen LogP contribution in [0.2, 0.25) is 0 Å². The molecule has 6 nitrogen and oxygen atoms in total. The number of hydrogen-bond acceptors (Lipinski definition) is 4. The third-order valence-electron chi connectivity index (χ3n) is 6.46. The van der Waals surface area contributed by atoms with Gasteiger partial charge in [0.25, 0.3) is 5.91 Å². The topological polar surface area (TPSA) is 69.7 Å². The van der Waals surface area contributed by atoms with Gasteiger partial charge in [-0.2, -0.15) is 0 Å². The van der Waals surface area contributed by atoms with E-state index in [-0.39, 0.29) is 18.4 Å². The Morgan fingerprint density at radius 3 is 2.58 bits per heavy atom. The Kier molecular flexibility index (Phi) is 6.41. The zero-order valence-corrected chi connectivity index (χ0v) is 18.7. The summed E-state index contributed by atoms with van der Waals surface area (Å²) >= 11 is 1.60. The number of carbonyl (C=O) groups is 3. The van der Waals surface area contributed by atoms with Crippen molar-refractivity contribution in [3.8, 4) is 0 Å². The molecule has 1 N–H and O–H groups in total. The van der Waals surface area contributed by atoms with E-state index in [1.165, 1.54) is 0 Å². The molecular weight excluding hydrogens is 410 g/mol. The summed E-state index contributed by atoms with van der Waals surface area (Å²) in [6.45, 7) is 2.98. The van der Waals surface area contributed by atoms with Crippen LogP contribution in [0.4, 0.5) is 4.79 Å². The van der Waals surface area contributed by atoms with Crippen LogP contribution in [0.15, 0.2) is 47.8 Å². The van der Waals surface area contributed by atoms with Gasteiger partial charge in [0.2, 0.25) is 5.91 Å². The fourth-order valence-electron chi connectivity index (χ4n) is 4.44. The molecule has 1 saturated carbocycles. The first-order valence-electron chi connectivity index (χ1n) is 10.9. The Hall–Kier alpha value is -2.67. The second kappa shape index (κ2) is 9.22. The normalized spacial score (nSPS) is 23.3. The lowest BCUT2D eigenvalue weighted by Crippen LogP contribution is -2.50. The molecule has 1 aliphatic carbocycles. The summed E-state index contributed by atoms with van der Waals surface area (Å²) in [4.78, 5) is 42.9. The van der Waals surface area contributed by atoms with E-state index in [1.54, 1.807) is 16.2 Å². The van der Waals surface area contributed by atoms with Crippen LogP contribution in [-0.4, -0.2) is 46.3 Å². The van der Waals surface area contributed by atoms with Gasteiger partial charge in [-0.05, 0) is 55.0 Å². The Morgan fingerprint density at radius 1 is 1.16 bits per heavy atom. The number of hydrogen-bond donors (Lipinski definition) is 1. The Labute approximate surface area is 187 Å². The maximum Gasteiger partial charge on any atom is 0.325 e. The molecule has 1 spiro atoms. The van der Waals surface area contributed by atoms with Crippen molar-refractivity contribution in [1.82, 2.24) is 15.1 Å². The van der Waals surface area contributed by atoms with Crippen LogP contribution < -0.4 is 5.32 Å². The number of benzene rings is 1. The van der Waals surface area contributed by atoms with Crippen molar-refractivity contribution in [3.05, 3.63) is 58.3 Å². The van der Waals surface area contributed by atoms with Crippen molar-refractivity contribution in [2.24, 2.45) is 5.92 Å². The first-order valence-corrected chi connectivity index (χ1v) is 11.8. The highest BCUT2D eigenvalue weighted by Crippen LogP contribution is 2.36. The molecule has 2 fully saturated rings. The zero-order valence-electron chi connectivity index (χ0n) is 17.9. The summed E-state index contributed by atoms with van der Waals surface area (Å²) in [5.41, 5.74) is 0.337. The van der Waals surface area contributed by atoms with E-state index >= 15 is 0 Å². The lowest BCUT2D eigenvalue weighted by Gasteiger charge is -2.33. The van der Waals surface area contributed by atoms with Crippen molar-refractivity contribution >= 4 is 29.2 Å². The van der Waals surface area contributed by atoms with E-state index in [4.69, 9.17) is 0 Å². The Morgan fingerprint density at radius 2 is 1.90 bits per heavy atom. The van der Waals surface area contributed by atoms with Crippen LogP contribution in [0.3, 0.4) is 0 Å². The molecule has 2 aromatic rings. The highest BCUT2D eigenvalue weighted by atomic mass is 32.1. The van der Waals surface area contributed by atoms with Crippen LogP contribution in [0.1, 0.15) is 43.0 Å². The Balaban J connectivity index is 1.44. The summed E-state index contributed by atoms with van der Waals surface area (Å²) in [5.74, 6) is 0.122. The smallest absolute Gasteiger partial charge is 0.325 e. The van der Waals surface area contributed by atoms with Crippen LogP contribution >= 0.6 is 11.3 Å². The van der Waals surface area contributed by atoms with E-state index in [2.05, 4.69) is 12.2 Å². The number of nitrogens with one attached hydrogen (secondary N) is 1. The lowest BCUT2D eigenvalue weighted by molar-refractivity contribution is -0.140. The van der Waals surface area contributed by atoms with Crippen LogP contribution in [-0.2, 0) is 22.6 Å². The minimum atomic E-state index is -0.813. The second-order valence-electron chi connectivity index (χ2n) is 8.72. The van der Waals surface area contributed by atoms with Crippen LogP contribution in [0.5, 0.6) is 0 Å². The van der Waals surface area contributed by atoms with Crippen LogP contribution in [0, 0.1) is 5.92 Å². The number of urea groups is 1. The molecule has 31 heavy (non-hydrogen) atoms. The largest absolute Gasteiger partial charge is 0.336 e. The van der Waals surface area contributed by atoms with Gasteiger partial charge in [-0.3, -0.25) is 14.5 Å². The third kappa shape index (κ3) is 4.82. The van der Waals surface area contributed by atoms with E-state index in [9.17, 15) is 14.4 Å². The van der Waals surface area contributed by atoms with Gasteiger partial charge in [-0.1, -0.05) is 43.3 Å². The number of amides is 4. The average Bonchev–Trinajstić information content (AvgIpc) is 3.36. The fraction of sp³-hybridized carbons (Fsp3) is 0.458. The molecule has 1 aromatic heterocycles. The maximum absolute atomic E-state index is 13.2. The summed E-state index contributed by atoms with van der Waals surface area (Å²) in [6, 6.07) is 13.5. The average molecular weight is 440 g/mol. The molecule has 2 heterocycles. The van der Waals surface area contributed by atoms with E-state index in [0.717, 1.165) is 34.6 Å². The van der Waals surface area contributed by atoms with Gasteiger partial charge in [-0.15, -0.1) is 11.3 Å². The lowest BCUT2D eigenvalue weighted by atomic mass is 9.77. The molecule has 0 bridgehead atoms. The summed E-state index contributed by atoms with van der Waals surface area (Å²) < 4.78 is 0. The van der Waals surface area contributed by atoms with Gasteiger partial charge >= 0.3 is 6.03 Å². The van der Waals surface area contributed by atoms with Gasteiger partial charge in [0.15, 0.2) is 0 Å². The van der Waals surface area contributed by atoms with Gasteiger partial charge in [0.05, 0.1) is 6.54 Å². The van der Waals surface area contributed by atoms with Crippen LogP contribution in [0.25, 0.3) is 0 Å². The number of rotatable bonds is 7. The maximum atomic E-state index is 13.2. The van der Waals surface area contributed by atoms with Crippen molar-refractivity contribution in [2.75, 3.05) is 13.1 Å². The highest BCUT2D eigenvalue weighted by molar-refractivity contribution is 7.09. The fourth-order valence-corrected chi connectivity index (χ4v) is 5.16. The molecular formula is C24H29N3O3S. The third-order valence-corrected chi connectivity index (χ3v) is 7.32. The molecule has 1 aliphatic heterocycles. The molecule has 4 rings (SSSR count). The molecule has 0 atom stereocenters. The quantitative estimate of drug-likeness (QED) is 0.667. The van der Waals surface area contributed by atoms with E-state index in [1.807, 2.05) is 47.8 Å². The molecule has 164 valence electrons. The predicted octanol–water partition coefficient (Wildman–Crippen LogP) is 3.82. The molecule has 4 amide bonds. The van der Waals surface area contributed by atoms with Crippen molar-refractivity contribution in [3.63, 3.8) is 0 Å². The number of nitrogens with zero attached hydrogens (tertiary/aromatic N) is 2. The van der Waals surface area contributed by atoms with Gasteiger partial charge in [-0.25, -0.2) is 4.79 Å². The molecule has 1 saturated heterocycles. The van der Waals surface area contributed by atoms with E-state index < -0.39 is 11.6 Å². The zero-order chi connectivity index (χ0) is 21.8.